The number of likely N-dealkylation sites (tertiary alicyclic amines) is 1. The monoisotopic (exact) mass is 324 g/mol. The van der Waals surface area contributed by atoms with Crippen LogP contribution < -0.4 is 0 Å². The Balaban J connectivity index is 1.46. The normalized spacial score (nSPS) is 26.7. The van der Waals surface area contributed by atoms with E-state index < -0.39 is 0 Å². The van der Waals surface area contributed by atoms with E-state index in [0.717, 1.165) is 19.6 Å². The fraction of sp³-hybridized carbons (Fsp3) is 0.571. The minimum Gasteiger partial charge on any atom is -0.334 e. The molecule has 2 fully saturated rings. The summed E-state index contributed by atoms with van der Waals surface area (Å²) < 4.78 is 0. The second-order valence-electron chi connectivity index (χ2n) is 7.59. The molecule has 3 heteroatoms. The zero-order valence-corrected chi connectivity index (χ0v) is 14.7. The van der Waals surface area contributed by atoms with Gasteiger partial charge in [-0.1, -0.05) is 42.8 Å². The lowest BCUT2D eigenvalue weighted by molar-refractivity contribution is -0.136. The third-order valence-corrected chi connectivity index (χ3v) is 5.93. The Hall–Kier alpha value is -1.61. The Morgan fingerprint density at radius 1 is 1.12 bits per heavy atom. The van der Waals surface area contributed by atoms with E-state index in [9.17, 15) is 4.79 Å². The molecule has 1 aromatic rings. The van der Waals surface area contributed by atoms with Gasteiger partial charge in [-0.05, 0) is 43.2 Å². The minimum atomic E-state index is 0.352. The number of amides is 1. The molecule has 3 nitrogen and oxygen atoms in total. The fourth-order valence-electron chi connectivity index (χ4n) is 4.82. The van der Waals surface area contributed by atoms with Crippen LogP contribution in [-0.4, -0.2) is 47.4 Å². The molecule has 0 radical (unpaired) electrons. The molecule has 0 aromatic heterocycles. The molecule has 2 aliphatic heterocycles. The lowest BCUT2D eigenvalue weighted by Gasteiger charge is -2.41. The van der Waals surface area contributed by atoms with Crippen molar-refractivity contribution in [2.24, 2.45) is 0 Å². The highest BCUT2D eigenvalue weighted by atomic mass is 16.2. The van der Waals surface area contributed by atoms with Crippen LogP contribution in [-0.2, 0) is 11.2 Å². The summed E-state index contributed by atoms with van der Waals surface area (Å²) in [6.07, 6.45) is 9.11. The van der Waals surface area contributed by atoms with Crippen LogP contribution in [0.5, 0.6) is 0 Å². The van der Waals surface area contributed by atoms with Gasteiger partial charge < -0.3 is 4.90 Å². The molecule has 0 saturated carbocycles. The Bertz CT molecular complexity index is 637. The number of aryl methyl sites for hydroxylation is 1. The second-order valence-corrected chi connectivity index (χ2v) is 7.59. The quantitative estimate of drug-likeness (QED) is 0.850. The van der Waals surface area contributed by atoms with Crippen molar-refractivity contribution < 1.29 is 4.79 Å². The van der Waals surface area contributed by atoms with Crippen LogP contribution in [0.4, 0.5) is 0 Å². The fourth-order valence-corrected chi connectivity index (χ4v) is 4.82. The van der Waals surface area contributed by atoms with Crippen LogP contribution in [0.15, 0.2) is 29.8 Å². The minimum absolute atomic E-state index is 0.352. The van der Waals surface area contributed by atoms with Crippen molar-refractivity contribution in [3.8, 4) is 0 Å². The van der Waals surface area contributed by atoms with E-state index in [0.29, 0.717) is 24.4 Å². The molecule has 24 heavy (non-hydrogen) atoms. The number of benzene rings is 1. The molecule has 128 valence electrons. The Morgan fingerprint density at radius 3 is 2.62 bits per heavy atom. The van der Waals surface area contributed by atoms with Crippen LogP contribution in [0.2, 0.25) is 0 Å². The van der Waals surface area contributed by atoms with E-state index >= 15 is 0 Å². The standard InChI is InChI=1S/C21H28N2O/c1-2-21(24)23-19-10-11-20(23)15-22(14-19)13-16-6-5-9-17-7-3-4-8-18(17)12-16/h3-4,7-8,12,19-20H,2,5-6,9-11,13-15H2,1H3/t19-,20+. The maximum Gasteiger partial charge on any atom is 0.222 e. The molecule has 3 aliphatic rings. The summed E-state index contributed by atoms with van der Waals surface area (Å²) >= 11 is 0. The summed E-state index contributed by atoms with van der Waals surface area (Å²) in [7, 11) is 0. The average Bonchev–Trinajstić information content (AvgIpc) is 2.76. The molecule has 2 bridgehead atoms. The van der Waals surface area contributed by atoms with Gasteiger partial charge in [-0.15, -0.1) is 0 Å². The molecule has 0 unspecified atom stereocenters. The predicted octanol–water partition coefficient (Wildman–Crippen LogP) is 3.49. The summed E-state index contributed by atoms with van der Waals surface area (Å²) in [6.45, 7) is 5.18. The SMILES string of the molecule is CCC(=O)N1[C@@H]2CC[C@H]1CN(CC1=Cc3ccccc3CCC1)C2. The van der Waals surface area contributed by atoms with Gasteiger partial charge in [0, 0.05) is 38.1 Å². The molecular weight excluding hydrogens is 296 g/mol. The van der Waals surface area contributed by atoms with Crippen LogP contribution in [0.25, 0.3) is 6.08 Å². The Labute approximate surface area is 145 Å². The van der Waals surface area contributed by atoms with E-state index in [-0.39, 0.29) is 0 Å². The summed E-state index contributed by atoms with van der Waals surface area (Å²) in [5.41, 5.74) is 4.47. The maximum atomic E-state index is 12.2. The summed E-state index contributed by atoms with van der Waals surface area (Å²) in [5, 5.41) is 0. The molecule has 4 rings (SSSR count). The first kappa shape index (κ1) is 15.9. The molecule has 0 N–H and O–H groups in total. The zero-order chi connectivity index (χ0) is 16.5. The molecule has 2 saturated heterocycles. The van der Waals surface area contributed by atoms with Crippen molar-refractivity contribution in [1.29, 1.82) is 0 Å². The van der Waals surface area contributed by atoms with Crippen molar-refractivity contribution in [3.05, 3.63) is 41.0 Å². The van der Waals surface area contributed by atoms with Crippen LogP contribution in [0.3, 0.4) is 0 Å². The molecular formula is C21H28N2O. The van der Waals surface area contributed by atoms with Gasteiger partial charge in [-0.2, -0.15) is 0 Å². The molecule has 0 spiro atoms. The van der Waals surface area contributed by atoms with Crippen LogP contribution >= 0.6 is 0 Å². The highest BCUT2D eigenvalue weighted by molar-refractivity contribution is 5.77. The molecule has 1 aliphatic carbocycles. The van der Waals surface area contributed by atoms with Crippen molar-refractivity contribution in [3.63, 3.8) is 0 Å². The molecule has 1 amide bonds. The summed E-state index contributed by atoms with van der Waals surface area (Å²) in [6, 6.07) is 9.73. The highest BCUT2D eigenvalue weighted by Crippen LogP contribution is 2.32. The van der Waals surface area contributed by atoms with E-state index in [4.69, 9.17) is 0 Å². The molecule has 1 aromatic carbocycles. The number of carbonyl (C=O) groups excluding carboxylic acids is 1. The smallest absolute Gasteiger partial charge is 0.222 e. The number of carbonyl (C=O) groups is 1. The highest BCUT2D eigenvalue weighted by Gasteiger charge is 2.41. The van der Waals surface area contributed by atoms with Gasteiger partial charge in [0.25, 0.3) is 0 Å². The van der Waals surface area contributed by atoms with Crippen molar-refractivity contribution in [2.45, 2.75) is 57.5 Å². The van der Waals surface area contributed by atoms with Gasteiger partial charge in [0.2, 0.25) is 5.91 Å². The topological polar surface area (TPSA) is 23.6 Å². The number of hydrogen-bond donors (Lipinski definition) is 0. The van der Waals surface area contributed by atoms with Gasteiger partial charge in [-0.25, -0.2) is 0 Å². The number of rotatable bonds is 3. The van der Waals surface area contributed by atoms with E-state index in [1.807, 2.05) is 6.92 Å². The van der Waals surface area contributed by atoms with Gasteiger partial charge in [0.15, 0.2) is 0 Å². The number of fused-ring (bicyclic) bond motifs is 3. The van der Waals surface area contributed by atoms with Crippen molar-refractivity contribution in [1.82, 2.24) is 9.80 Å². The first-order valence-corrected chi connectivity index (χ1v) is 9.55. The molecule has 2 heterocycles. The summed E-state index contributed by atoms with van der Waals surface area (Å²) in [5.74, 6) is 0.352. The summed E-state index contributed by atoms with van der Waals surface area (Å²) in [4.78, 5) is 17.0. The largest absolute Gasteiger partial charge is 0.334 e. The van der Waals surface area contributed by atoms with E-state index in [1.165, 1.54) is 43.2 Å². The third-order valence-electron chi connectivity index (χ3n) is 5.93. The predicted molar refractivity (Wildman–Crippen MR) is 97.7 cm³/mol. The first-order chi connectivity index (χ1) is 11.7. The second kappa shape index (κ2) is 6.72. The van der Waals surface area contributed by atoms with Crippen molar-refractivity contribution >= 4 is 12.0 Å². The third kappa shape index (κ3) is 3.02. The lowest BCUT2D eigenvalue weighted by atomic mass is 10.0. The molecule has 2 atom stereocenters. The van der Waals surface area contributed by atoms with E-state index in [2.05, 4.69) is 40.1 Å². The first-order valence-electron chi connectivity index (χ1n) is 9.55. The van der Waals surface area contributed by atoms with Crippen LogP contribution in [0, 0.1) is 0 Å². The Kier molecular flexibility index (Phi) is 4.45. The number of nitrogens with zero attached hydrogens (tertiary/aromatic N) is 2. The number of hydrogen-bond acceptors (Lipinski definition) is 2. The lowest BCUT2D eigenvalue weighted by Crippen LogP contribution is -2.55. The van der Waals surface area contributed by atoms with E-state index in [1.54, 1.807) is 5.57 Å². The van der Waals surface area contributed by atoms with Crippen LogP contribution in [0.1, 0.15) is 50.2 Å². The zero-order valence-electron chi connectivity index (χ0n) is 14.7. The van der Waals surface area contributed by atoms with Gasteiger partial charge >= 0.3 is 0 Å². The maximum absolute atomic E-state index is 12.2. The van der Waals surface area contributed by atoms with Gasteiger partial charge in [-0.3, -0.25) is 9.69 Å². The average molecular weight is 324 g/mol. The van der Waals surface area contributed by atoms with Gasteiger partial charge in [0.05, 0.1) is 0 Å². The number of piperazine rings is 1. The van der Waals surface area contributed by atoms with Gasteiger partial charge in [0.1, 0.15) is 0 Å². The Morgan fingerprint density at radius 2 is 1.88 bits per heavy atom. The van der Waals surface area contributed by atoms with Crippen molar-refractivity contribution in [2.75, 3.05) is 19.6 Å².